The number of hydrogen-bond acceptors (Lipinski definition) is 3. The lowest BCUT2D eigenvalue weighted by Crippen LogP contribution is -2.20. The maximum atomic E-state index is 11.5. The van der Waals surface area contributed by atoms with Gasteiger partial charge in [-0.2, -0.15) is 0 Å². The van der Waals surface area contributed by atoms with Gasteiger partial charge in [-0.05, 0) is 6.42 Å². The number of anilines is 1. The molecule has 4 nitrogen and oxygen atoms in total. The Kier molecular flexibility index (Phi) is 4.29. The van der Waals surface area contributed by atoms with Crippen molar-refractivity contribution in [2.75, 3.05) is 5.32 Å². The van der Waals surface area contributed by atoms with Gasteiger partial charge in [-0.3, -0.25) is 4.79 Å². The van der Waals surface area contributed by atoms with Gasteiger partial charge >= 0.3 is 0 Å². The van der Waals surface area contributed by atoms with E-state index in [0.717, 1.165) is 6.42 Å². The normalized spacial score (nSPS) is 12.3. The summed E-state index contributed by atoms with van der Waals surface area (Å²) in [7, 11) is 0. The molecule has 1 aromatic rings. The molecule has 0 saturated carbocycles. The summed E-state index contributed by atoms with van der Waals surface area (Å²) in [5.74, 6) is -0.184. The predicted octanol–water partition coefficient (Wildman–Crippen LogP) is 2.77. The van der Waals surface area contributed by atoms with Crippen LogP contribution in [0.1, 0.15) is 20.3 Å². The second kappa shape index (κ2) is 5.28. The van der Waals surface area contributed by atoms with Gasteiger partial charge in [-0.25, -0.2) is 0 Å². The average molecular weight is 248 g/mol. The number of nitrogens with one attached hydrogen (secondary N) is 1. The van der Waals surface area contributed by atoms with Crippen molar-refractivity contribution in [3.05, 3.63) is 16.4 Å². The summed E-state index contributed by atoms with van der Waals surface area (Å²) in [4.78, 5) is 11.5. The van der Waals surface area contributed by atoms with Gasteiger partial charge in [-0.1, -0.05) is 37.0 Å². The van der Waals surface area contributed by atoms with Crippen LogP contribution in [0.2, 0.25) is 10.3 Å². The Labute approximate surface area is 98.0 Å². The monoisotopic (exact) mass is 247 g/mol. The molecular weight excluding hydrogens is 237 g/mol. The van der Waals surface area contributed by atoms with Crippen LogP contribution in [0.25, 0.3) is 0 Å². The molecule has 1 heterocycles. The second-order valence-electron chi connectivity index (χ2n) is 3.17. The van der Waals surface area contributed by atoms with Crippen LogP contribution in [0, 0.1) is 5.92 Å². The molecule has 1 atom stereocenters. The van der Waals surface area contributed by atoms with Crippen LogP contribution in [0.3, 0.4) is 0 Å². The Bertz CT molecular complexity index is 370. The third-order valence-corrected chi connectivity index (χ3v) is 2.50. The highest BCUT2D eigenvalue weighted by Gasteiger charge is 2.13. The fraction of sp³-hybridized carbons (Fsp3) is 0.444. The summed E-state index contributed by atoms with van der Waals surface area (Å²) in [6, 6.07) is 1.47. The smallest absolute Gasteiger partial charge is 0.227 e. The van der Waals surface area contributed by atoms with E-state index in [9.17, 15) is 4.79 Å². The van der Waals surface area contributed by atoms with Gasteiger partial charge in [0.15, 0.2) is 10.3 Å². The number of carbonyl (C=O) groups is 1. The minimum atomic E-state index is -0.108. The lowest BCUT2D eigenvalue weighted by Gasteiger charge is -2.10. The molecule has 1 unspecified atom stereocenters. The molecule has 1 rings (SSSR count). The zero-order chi connectivity index (χ0) is 11.4. The molecule has 0 bridgehead atoms. The predicted molar refractivity (Wildman–Crippen MR) is 60.1 cm³/mol. The van der Waals surface area contributed by atoms with Gasteiger partial charge in [0.05, 0.1) is 5.69 Å². The second-order valence-corrected chi connectivity index (χ2v) is 3.92. The zero-order valence-electron chi connectivity index (χ0n) is 8.42. The summed E-state index contributed by atoms with van der Waals surface area (Å²) >= 11 is 11.4. The molecule has 0 aliphatic carbocycles. The first-order valence-electron chi connectivity index (χ1n) is 4.54. The van der Waals surface area contributed by atoms with Crippen molar-refractivity contribution in [3.8, 4) is 0 Å². The van der Waals surface area contributed by atoms with E-state index in [1.807, 2.05) is 13.8 Å². The van der Waals surface area contributed by atoms with Crippen molar-refractivity contribution in [2.24, 2.45) is 5.92 Å². The SMILES string of the molecule is CCC(C)C(=O)Nc1cc(Cl)nnc1Cl. The Morgan fingerprint density at radius 2 is 2.20 bits per heavy atom. The minimum Gasteiger partial charge on any atom is -0.323 e. The molecule has 0 spiro atoms. The van der Waals surface area contributed by atoms with E-state index in [4.69, 9.17) is 23.2 Å². The Morgan fingerprint density at radius 3 is 2.80 bits per heavy atom. The summed E-state index contributed by atoms with van der Waals surface area (Å²) < 4.78 is 0. The third kappa shape index (κ3) is 3.32. The number of halogens is 2. The average Bonchev–Trinajstić information content (AvgIpc) is 2.22. The number of rotatable bonds is 3. The van der Waals surface area contributed by atoms with Crippen molar-refractivity contribution in [1.29, 1.82) is 0 Å². The molecule has 82 valence electrons. The number of hydrogen-bond donors (Lipinski definition) is 1. The lowest BCUT2D eigenvalue weighted by molar-refractivity contribution is -0.119. The van der Waals surface area contributed by atoms with E-state index in [-0.39, 0.29) is 22.1 Å². The first-order chi connectivity index (χ1) is 7.04. The fourth-order valence-electron chi connectivity index (χ4n) is 0.882. The fourth-order valence-corrected chi connectivity index (χ4v) is 1.17. The van der Waals surface area contributed by atoms with E-state index in [0.29, 0.717) is 5.69 Å². The van der Waals surface area contributed by atoms with E-state index in [1.54, 1.807) is 0 Å². The van der Waals surface area contributed by atoms with Crippen molar-refractivity contribution >= 4 is 34.8 Å². The molecule has 1 aromatic heterocycles. The molecule has 1 amide bonds. The van der Waals surface area contributed by atoms with Gasteiger partial charge in [0.1, 0.15) is 0 Å². The van der Waals surface area contributed by atoms with Crippen LogP contribution < -0.4 is 5.32 Å². The van der Waals surface area contributed by atoms with E-state index < -0.39 is 0 Å². The van der Waals surface area contributed by atoms with Crippen molar-refractivity contribution in [3.63, 3.8) is 0 Å². The van der Waals surface area contributed by atoms with Crippen LogP contribution in [0.4, 0.5) is 5.69 Å². The Balaban J connectivity index is 2.80. The maximum absolute atomic E-state index is 11.5. The molecule has 15 heavy (non-hydrogen) atoms. The molecule has 0 fully saturated rings. The summed E-state index contributed by atoms with van der Waals surface area (Å²) in [6.07, 6.45) is 0.760. The van der Waals surface area contributed by atoms with Gasteiger partial charge in [-0.15, -0.1) is 10.2 Å². The highest BCUT2D eigenvalue weighted by atomic mass is 35.5. The number of nitrogens with zero attached hydrogens (tertiary/aromatic N) is 2. The van der Waals surface area contributed by atoms with Gasteiger partial charge in [0, 0.05) is 12.0 Å². The Morgan fingerprint density at radius 1 is 1.53 bits per heavy atom. The Hall–Kier alpha value is -0.870. The molecule has 0 radical (unpaired) electrons. The van der Waals surface area contributed by atoms with E-state index >= 15 is 0 Å². The number of carbonyl (C=O) groups excluding carboxylic acids is 1. The summed E-state index contributed by atoms with van der Waals surface area (Å²) in [5, 5.41) is 10.1. The molecule has 0 aromatic carbocycles. The first-order valence-corrected chi connectivity index (χ1v) is 5.29. The first kappa shape index (κ1) is 12.2. The molecule has 0 aliphatic rings. The maximum Gasteiger partial charge on any atom is 0.227 e. The number of amides is 1. The largest absolute Gasteiger partial charge is 0.323 e. The van der Waals surface area contributed by atoms with Crippen LogP contribution in [0.5, 0.6) is 0 Å². The molecule has 0 saturated heterocycles. The van der Waals surface area contributed by atoms with Crippen molar-refractivity contribution in [1.82, 2.24) is 10.2 Å². The topological polar surface area (TPSA) is 54.9 Å². The van der Waals surface area contributed by atoms with Gasteiger partial charge < -0.3 is 5.32 Å². The molecule has 6 heteroatoms. The quantitative estimate of drug-likeness (QED) is 0.894. The number of aromatic nitrogens is 2. The van der Waals surface area contributed by atoms with Crippen molar-refractivity contribution in [2.45, 2.75) is 20.3 Å². The van der Waals surface area contributed by atoms with Crippen LogP contribution in [-0.2, 0) is 4.79 Å². The van der Waals surface area contributed by atoms with Crippen LogP contribution >= 0.6 is 23.2 Å². The van der Waals surface area contributed by atoms with E-state index in [2.05, 4.69) is 15.5 Å². The van der Waals surface area contributed by atoms with Gasteiger partial charge in [0.25, 0.3) is 0 Å². The molecule has 1 N–H and O–H groups in total. The van der Waals surface area contributed by atoms with E-state index in [1.165, 1.54) is 6.07 Å². The standard InChI is InChI=1S/C9H11Cl2N3O/c1-3-5(2)9(15)12-6-4-7(10)13-14-8(6)11/h4-5H,3H2,1-2H3,(H,12,13,15). The van der Waals surface area contributed by atoms with Crippen LogP contribution in [0.15, 0.2) is 6.07 Å². The lowest BCUT2D eigenvalue weighted by atomic mass is 10.1. The van der Waals surface area contributed by atoms with Gasteiger partial charge in [0.2, 0.25) is 5.91 Å². The summed E-state index contributed by atoms with van der Waals surface area (Å²) in [5.41, 5.74) is 0.391. The highest BCUT2D eigenvalue weighted by molar-refractivity contribution is 6.33. The molecular formula is C9H11Cl2N3O. The van der Waals surface area contributed by atoms with Crippen molar-refractivity contribution < 1.29 is 4.79 Å². The summed E-state index contributed by atoms with van der Waals surface area (Å²) in [6.45, 7) is 3.77. The molecule has 0 aliphatic heterocycles. The minimum absolute atomic E-state index is 0.0759. The van der Waals surface area contributed by atoms with Crippen LogP contribution in [-0.4, -0.2) is 16.1 Å². The highest BCUT2D eigenvalue weighted by Crippen LogP contribution is 2.21. The zero-order valence-corrected chi connectivity index (χ0v) is 9.93. The third-order valence-electron chi connectivity index (χ3n) is 2.04.